The molecule has 110 valence electrons. The topological polar surface area (TPSA) is 59.4 Å². The van der Waals surface area contributed by atoms with E-state index < -0.39 is 0 Å². The Morgan fingerprint density at radius 3 is 3.20 bits per heavy atom. The molecule has 0 aliphatic carbocycles. The minimum absolute atomic E-state index is 0.0182. The minimum atomic E-state index is 0.0182. The van der Waals surface area contributed by atoms with Crippen LogP contribution in [0.15, 0.2) is 12.4 Å². The van der Waals surface area contributed by atoms with E-state index in [1.807, 2.05) is 19.3 Å². The normalized spacial score (nSPS) is 22.2. The lowest BCUT2D eigenvalue weighted by Crippen LogP contribution is -2.58. The Hall–Kier alpha value is -1.56. The number of ether oxygens (including phenoxy) is 1. The van der Waals surface area contributed by atoms with Crippen LogP contribution in [-0.2, 0) is 11.3 Å². The number of aryl methyl sites for hydroxylation is 1. The Balaban J connectivity index is 1.46. The Bertz CT molecular complexity index is 467. The van der Waals surface area contributed by atoms with Gasteiger partial charge in [0.2, 0.25) is 0 Å². The fraction of sp³-hybridized carbons (Fsp3) is 0.714. The Morgan fingerprint density at radius 2 is 2.40 bits per heavy atom. The predicted molar refractivity (Wildman–Crippen MR) is 74.6 cm³/mol. The van der Waals surface area contributed by atoms with Crippen molar-refractivity contribution in [1.29, 1.82) is 0 Å². The van der Waals surface area contributed by atoms with Crippen LogP contribution in [0.25, 0.3) is 0 Å². The van der Waals surface area contributed by atoms with Crippen molar-refractivity contribution in [3.8, 4) is 0 Å². The second kappa shape index (κ2) is 5.83. The molecule has 1 saturated heterocycles. The van der Waals surface area contributed by atoms with Gasteiger partial charge in [-0.25, -0.2) is 9.78 Å². The number of fused-ring (bicyclic) bond motifs is 1. The van der Waals surface area contributed by atoms with Crippen molar-refractivity contribution in [2.24, 2.45) is 0 Å². The number of urea groups is 1. The molecule has 0 aromatic carbocycles. The molecule has 3 rings (SSSR count). The Morgan fingerprint density at radius 1 is 1.55 bits per heavy atom. The van der Waals surface area contributed by atoms with Crippen LogP contribution in [-0.4, -0.2) is 52.8 Å². The van der Waals surface area contributed by atoms with E-state index in [0.717, 1.165) is 25.2 Å². The number of amides is 2. The minimum Gasteiger partial charge on any atom is -0.375 e. The second-order valence-electron chi connectivity index (χ2n) is 5.49. The molecule has 1 atom stereocenters. The molecule has 2 amide bonds. The fourth-order valence-electron chi connectivity index (χ4n) is 2.97. The zero-order valence-corrected chi connectivity index (χ0v) is 11.9. The maximum Gasteiger partial charge on any atom is 0.317 e. The molecule has 0 bridgehead atoms. The third-order valence-electron chi connectivity index (χ3n) is 4.10. The zero-order valence-electron chi connectivity index (χ0n) is 11.9. The van der Waals surface area contributed by atoms with Gasteiger partial charge in [0, 0.05) is 38.0 Å². The van der Waals surface area contributed by atoms with Gasteiger partial charge in [-0.05, 0) is 19.8 Å². The number of likely N-dealkylation sites (tertiary alicyclic amines) is 1. The summed E-state index contributed by atoms with van der Waals surface area (Å²) in [5.74, 6) is 1.44. The molecular weight excluding hydrogens is 256 g/mol. The van der Waals surface area contributed by atoms with Gasteiger partial charge >= 0.3 is 6.03 Å². The lowest BCUT2D eigenvalue weighted by atomic mass is 9.99. The molecule has 6 nitrogen and oxygen atoms in total. The van der Waals surface area contributed by atoms with E-state index in [-0.39, 0.29) is 12.1 Å². The number of carbonyl (C=O) groups excluding carboxylic acids is 1. The van der Waals surface area contributed by atoms with E-state index >= 15 is 0 Å². The van der Waals surface area contributed by atoms with E-state index in [2.05, 4.69) is 14.9 Å². The third-order valence-corrected chi connectivity index (χ3v) is 4.10. The average Bonchev–Trinajstić information content (AvgIpc) is 2.88. The van der Waals surface area contributed by atoms with Gasteiger partial charge in [0.1, 0.15) is 5.82 Å². The maximum atomic E-state index is 12.0. The lowest BCUT2D eigenvalue weighted by molar-refractivity contribution is -0.0300. The number of nitrogens with one attached hydrogen (secondary N) is 1. The van der Waals surface area contributed by atoms with Crippen LogP contribution in [0.2, 0.25) is 0 Å². The van der Waals surface area contributed by atoms with E-state index in [1.54, 1.807) is 4.90 Å². The molecule has 1 unspecified atom stereocenters. The number of rotatable bonds is 4. The van der Waals surface area contributed by atoms with Gasteiger partial charge < -0.3 is 19.5 Å². The van der Waals surface area contributed by atoms with Crippen molar-refractivity contribution in [3.05, 3.63) is 18.2 Å². The number of nitrogens with zero attached hydrogens (tertiary/aromatic N) is 3. The van der Waals surface area contributed by atoms with Crippen LogP contribution in [0, 0.1) is 0 Å². The largest absolute Gasteiger partial charge is 0.375 e. The van der Waals surface area contributed by atoms with E-state index in [0.29, 0.717) is 32.2 Å². The first kappa shape index (κ1) is 13.4. The van der Waals surface area contributed by atoms with E-state index in [1.165, 1.54) is 0 Å². The smallest absolute Gasteiger partial charge is 0.317 e. The van der Waals surface area contributed by atoms with Crippen LogP contribution in [0.3, 0.4) is 0 Å². The summed E-state index contributed by atoms with van der Waals surface area (Å²) in [6, 6.07) is 0.0182. The summed E-state index contributed by atoms with van der Waals surface area (Å²) in [4.78, 5) is 18.2. The highest BCUT2D eigenvalue weighted by Crippen LogP contribution is 2.25. The maximum absolute atomic E-state index is 12.0. The van der Waals surface area contributed by atoms with Crippen LogP contribution < -0.4 is 5.32 Å². The summed E-state index contributed by atoms with van der Waals surface area (Å²) in [6.45, 7) is 5.82. The van der Waals surface area contributed by atoms with E-state index in [4.69, 9.17) is 4.74 Å². The lowest BCUT2D eigenvalue weighted by Gasteiger charge is -2.38. The monoisotopic (exact) mass is 278 g/mol. The first-order valence-electron chi connectivity index (χ1n) is 7.43. The summed E-state index contributed by atoms with van der Waals surface area (Å²) in [7, 11) is 0. The summed E-state index contributed by atoms with van der Waals surface area (Å²) in [6.07, 6.45) is 6.33. The van der Waals surface area contributed by atoms with Crippen LogP contribution in [0.5, 0.6) is 0 Å². The molecule has 3 heterocycles. The van der Waals surface area contributed by atoms with Gasteiger partial charge in [0.15, 0.2) is 0 Å². The fourth-order valence-corrected chi connectivity index (χ4v) is 2.97. The number of hydrogen-bond donors (Lipinski definition) is 1. The first-order chi connectivity index (χ1) is 9.78. The highest BCUT2D eigenvalue weighted by atomic mass is 16.5. The highest BCUT2D eigenvalue weighted by molar-refractivity contribution is 5.75. The summed E-state index contributed by atoms with van der Waals surface area (Å²) in [5, 5.41) is 3.03. The zero-order chi connectivity index (χ0) is 13.9. The molecule has 1 fully saturated rings. The van der Waals surface area contributed by atoms with Gasteiger partial charge in [-0.2, -0.15) is 0 Å². The summed E-state index contributed by atoms with van der Waals surface area (Å²) < 4.78 is 7.64. The SMILES string of the molecule is CCOC1CN(C(=O)NCC2CCCn3ccnc32)C1. The average molecular weight is 278 g/mol. The van der Waals surface area contributed by atoms with Crippen molar-refractivity contribution >= 4 is 6.03 Å². The van der Waals surface area contributed by atoms with Crippen molar-refractivity contribution in [2.75, 3.05) is 26.2 Å². The number of imidazole rings is 1. The Kier molecular flexibility index (Phi) is 3.91. The van der Waals surface area contributed by atoms with Crippen molar-refractivity contribution in [2.45, 2.75) is 38.3 Å². The second-order valence-corrected chi connectivity index (χ2v) is 5.49. The molecule has 0 spiro atoms. The molecule has 1 aromatic rings. The first-order valence-corrected chi connectivity index (χ1v) is 7.43. The third kappa shape index (κ3) is 2.65. The van der Waals surface area contributed by atoms with Gasteiger partial charge in [-0.15, -0.1) is 0 Å². The summed E-state index contributed by atoms with van der Waals surface area (Å²) >= 11 is 0. The number of aromatic nitrogens is 2. The van der Waals surface area contributed by atoms with Crippen molar-refractivity contribution < 1.29 is 9.53 Å². The molecule has 2 aliphatic rings. The summed E-state index contributed by atoms with van der Waals surface area (Å²) in [5.41, 5.74) is 0. The Labute approximate surface area is 119 Å². The standard InChI is InChI=1S/C14H22N4O2/c1-2-20-12-9-18(10-12)14(19)16-8-11-4-3-6-17-7-5-15-13(11)17/h5,7,11-12H,2-4,6,8-10H2,1H3,(H,16,19). The van der Waals surface area contributed by atoms with Gasteiger partial charge in [0.05, 0.1) is 19.2 Å². The number of carbonyl (C=O) groups is 1. The highest BCUT2D eigenvalue weighted by Gasteiger charge is 2.31. The van der Waals surface area contributed by atoms with Crippen LogP contribution in [0.1, 0.15) is 31.5 Å². The van der Waals surface area contributed by atoms with Gasteiger partial charge in [-0.1, -0.05) is 0 Å². The van der Waals surface area contributed by atoms with Gasteiger partial charge in [0.25, 0.3) is 0 Å². The van der Waals surface area contributed by atoms with Gasteiger partial charge in [-0.3, -0.25) is 0 Å². The van der Waals surface area contributed by atoms with Crippen molar-refractivity contribution in [1.82, 2.24) is 19.8 Å². The van der Waals surface area contributed by atoms with Crippen LogP contribution in [0.4, 0.5) is 4.79 Å². The van der Waals surface area contributed by atoms with Crippen molar-refractivity contribution in [3.63, 3.8) is 0 Å². The van der Waals surface area contributed by atoms with E-state index in [9.17, 15) is 4.79 Å². The molecule has 1 N–H and O–H groups in total. The molecule has 2 aliphatic heterocycles. The predicted octanol–water partition coefficient (Wildman–Crippen LogP) is 1.19. The molecule has 20 heavy (non-hydrogen) atoms. The van der Waals surface area contributed by atoms with Crippen LogP contribution >= 0.6 is 0 Å². The quantitative estimate of drug-likeness (QED) is 0.900. The molecule has 1 aromatic heterocycles. The molecule has 0 saturated carbocycles. The molecular formula is C14H22N4O2. The molecule has 0 radical (unpaired) electrons. The number of hydrogen-bond acceptors (Lipinski definition) is 3. The molecule has 6 heteroatoms.